The molecule has 2 N–H and O–H groups in total. The van der Waals surface area contributed by atoms with Crippen molar-refractivity contribution in [2.75, 3.05) is 14.2 Å². The summed E-state index contributed by atoms with van der Waals surface area (Å²) in [6.07, 6.45) is 0. The number of carbonyl (C=O) groups is 2. The summed E-state index contributed by atoms with van der Waals surface area (Å²) in [6, 6.07) is -1.01. The van der Waals surface area contributed by atoms with E-state index in [9.17, 15) is 9.59 Å². The third-order valence-corrected chi connectivity index (χ3v) is 1.13. The fraction of sp³-hybridized carbons (Fsp3) is 0.667. The normalized spacial score (nSPS) is 11.5. The number of urea groups is 1. The Morgan fingerprint density at radius 2 is 2.00 bits per heavy atom. The lowest BCUT2D eigenvalue weighted by Crippen LogP contribution is -2.43. The third-order valence-electron chi connectivity index (χ3n) is 1.13. The Hall–Kier alpha value is -1.26. The predicted molar refractivity (Wildman–Crippen MR) is 39.1 cm³/mol. The number of rotatable bonds is 2. The van der Waals surface area contributed by atoms with Gasteiger partial charge >= 0.3 is 12.0 Å². The van der Waals surface area contributed by atoms with Crippen molar-refractivity contribution in [2.24, 2.45) is 0 Å². The molecule has 0 radical (unpaired) electrons. The van der Waals surface area contributed by atoms with Crippen molar-refractivity contribution in [3.63, 3.8) is 0 Å². The van der Waals surface area contributed by atoms with Crippen molar-refractivity contribution in [1.82, 2.24) is 10.6 Å². The SMILES string of the molecule is CNC(=O)N[C@H](C)C(=O)OC. The van der Waals surface area contributed by atoms with Crippen LogP contribution in [0.3, 0.4) is 0 Å². The molecule has 0 aliphatic heterocycles. The number of hydrogen-bond donors (Lipinski definition) is 2. The molecule has 5 nitrogen and oxygen atoms in total. The van der Waals surface area contributed by atoms with Crippen LogP contribution in [0.15, 0.2) is 0 Å². The number of ether oxygens (including phenoxy) is 1. The van der Waals surface area contributed by atoms with E-state index >= 15 is 0 Å². The van der Waals surface area contributed by atoms with Gasteiger partial charge in [-0.25, -0.2) is 9.59 Å². The summed E-state index contributed by atoms with van der Waals surface area (Å²) in [5.41, 5.74) is 0. The molecule has 2 amide bonds. The number of hydrogen-bond acceptors (Lipinski definition) is 3. The van der Waals surface area contributed by atoms with Gasteiger partial charge in [-0.2, -0.15) is 0 Å². The minimum atomic E-state index is -0.611. The Bertz CT molecular complexity index is 158. The molecular formula is C6H12N2O3. The number of amides is 2. The minimum Gasteiger partial charge on any atom is -0.467 e. The number of methoxy groups -OCH3 is 1. The second kappa shape index (κ2) is 4.54. The lowest BCUT2D eigenvalue weighted by molar-refractivity contribution is -0.142. The van der Waals surface area contributed by atoms with Crippen molar-refractivity contribution in [3.8, 4) is 0 Å². The van der Waals surface area contributed by atoms with Gasteiger partial charge in [0.2, 0.25) is 0 Å². The summed E-state index contributed by atoms with van der Waals surface area (Å²) in [5, 5.41) is 4.67. The fourth-order valence-electron chi connectivity index (χ4n) is 0.505. The molecular weight excluding hydrogens is 148 g/mol. The number of esters is 1. The van der Waals surface area contributed by atoms with Crippen LogP contribution in [-0.2, 0) is 9.53 Å². The van der Waals surface area contributed by atoms with E-state index in [4.69, 9.17) is 0 Å². The van der Waals surface area contributed by atoms with Gasteiger partial charge in [0.15, 0.2) is 0 Å². The van der Waals surface area contributed by atoms with Crippen molar-refractivity contribution >= 4 is 12.0 Å². The van der Waals surface area contributed by atoms with Gasteiger partial charge in [-0.3, -0.25) is 0 Å². The summed E-state index contributed by atoms with van der Waals surface area (Å²) < 4.78 is 4.38. The molecule has 0 aromatic rings. The first kappa shape index (κ1) is 9.74. The van der Waals surface area contributed by atoms with Gasteiger partial charge in [0.1, 0.15) is 6.04 Å². The molecule has 0 aliphatic rings. The second-order valence-corrected chi connectivity index (χ2v) is 1.97. The molecule has 0 spiro atoms. The zero-order valence-corrected chi connectivity index (χ0v) is 6.80. The number of carbonyl (C=O) groups excluding carboxylic acids is 2. The largest absolute Gasteiger partial charge is 0.467 e. The maximum atomic E-state index is 10.7. The first-order chi connectivity index (χ1) is 5.11. The van der Waals surface area contributed by atoms with E-state index in [1.165, 1.54) is 14.2 Å². The predicted octanol–water partition coefficient (Wildman–Crippen LogP) is -0.523. The fourth-order valence-corrected chi connectivity index (χ4v) is 0.505. The van der Waals surface area contributed by atoms with Gasteiger partial charge in [0, 0.05) is 7.05 Å². The monoisotopic (exact) mass is 160 g/mol. The van der Waals surface area contributed by atoms with Crippen LogP contribution in [0.25, 0.3) is 0 Å². The maximum Gasteiger partial charge on any atom is 0.328 e. The molecule has 0 heterocycles. The average Bonchev–Trinajstić information content (AvgIpc) is 2.02. The average molecular weight is 160 g/mol. The molecule has 64 valence electrons. The van der Waals surface area contributed by atoms with Crippen LogP contribution >= 0.6 is 0 Å². The zero-order chi connectivity index (χ0) is 8.85. The van der Waals surface area contributed by atoms with Crippen molar-refractivity contribution in [1.29, 1.82) is 0 Å². The van der Waals surface area contributed by atoms with Crippen molar-refractivity contribution < 1.29 is 14.3 Å². The van der Waals surface area contributed by atoms with Gasteiger partial charge in [0.05, 0.1) is 7.11 Å². The molecule has 0 fully saturated rings. The van der Waals surface area contributed by atoms with Gasteiger partial charge in [-0.1, -0.05) is 0 Å². The van der Waals surface area contributed by atoms with E-state index in [2.05, 4.69) is 15.4 Å². The van der Waals surface area contributed by atoms with Crippen LogP contribution in [0.1, 0.15) is 6.92 Å². The highest BCUT2D eigenvalue weighted by molar-refractivity contribution is 5.82. The highest BCUT2D eigenvalue weighted by Gasteiger charge is 2.13. The van der Waals surface area contributed by atoms with E-state index in [-0.39, 0.29) is 0 Å². The van der Waals surface area contributed by atoms with Crippen LogP contribution in [0, 0.1) is 0 Å². The maximum absolute atomic E-state index is 10.7. The molecule has 11 heavy (non-hydrogen) atoms. The van der Waals surface area contributed by atoms with Crippen LogP contribution in [-0.4, -0.2) is 32.2 Å². The molecule has 0 saturated carbocycles. The molecule has 0 bridgehead atoms. The molecule has 1 atom stereocenters. The summed E-state index contributed by atoms with van der Waals surface area (Å²) in [4.78, 5) is 21.3. The first-order valence-electron chi connectivity index (χ1n) is 3.18. The van der Waals surface area contributed by atoms with Crippen LogP contribution in [0.5, 0.6) is 0 Å². The van der Waals surface area contributed by atoms with Crippen LogP contribution < -0.4 is 10.6 Å². The highest BCUT2D eigenvalue weighted by Crippen LogP contribution is 1.84. The minimum absolute atomic E-state index is 0.400. The molecule has 0 aromatic carbocycles. The lowest BCUT2D eigenvalue weighted by Gasteiger charge is -2.09. The zero-order valence-electron chi connectivity index (χ0n) is 6.80. The van der Waals surface area contributed by atoms with Crippen LogP contribution in [0.4, 0.5) is 4.79 Å². The Morgan fingerprint density at radius 3 is 2.36 bits per heavy atom. The van der Waals surface area contributed by atoms with Gasteiger partial charge < -0.3 is 15.4 Å². The Morgan fingerprint density at radius 1 is 1.45 bits per heavy atom. The summed E-state index contributed by atoms with van der Waals surface area (Å²) in [5.74, 6) is -0.464. The molecule has 5 heteroatoms. The molecule has 0 aromatic heterocycles. The molecule has 0 unspecified atom stereocenters. The van der Waals surface area contributed by atoms with E-state index in [1.807, 2.05) is 0 Å². The quantitative estimate of drug-likeness (QED) is 0.534. The molecule has 0 rings (SSSR count). The summed E-state index contributed by atoms with van der Waals surface area (Å²) in [6.45, 7) is 1.54. The standard InChI is InChI=1S/C6H12N2O3/c1-4(5(9)11-3)8-6(10)7-2/h4H,1-3H3,(H2,7,8,10)/t4-/m1/s1. The van der Waals surface area contributed by atoms with E-state index in [0.717, 1.165) is 0 Å². The summed E-state index contributed by atoms with van der Waals surface area (Å²) in [7, 11) is 2.74. The first-order valence-corrected chi connectivity index (χ1v) is 3.18. The van der Waals surface area contributed by atoms with Gasteiger partial charge in [0.25, 0.3) is 0 Å². The van der Waals surface area contributed by atoms with Crippen molar-refractivity contribution in [3.05, 3.63) is 0 Å². The molecule has 0 aliphatic carbocycles. The molecule has 0 saturated heterocycles. The Balaban J connectivity index is 3.77. The topological polar surface area (TPSA) is 67.4 Å². The third kappa shape index (κ3) is 3.44. The Labute approximate surface area is 65.1 Å². The smallest absolute Gasteiger partial charge is 0.328 e. The van der Waals surface area contributed by atoms with Crippen LogP contribution in [0.2, 0.25) is 0 Å². The van der Waals surface area contributed by atoms with Gasteiger partial charge in [-0.15, -0.1) is 0 Å². The van der Waals surface area contributed by atoms with E-state index < -0.39 is 18.0 Å². The van der Waals surface area contributed by atoms with E-state index in [0.29, 0.717) is 0 Å². The Kier molecular flexibility index (Phi) is 4.02. The van der Waals surface area contributed by atoms with Gasteiger partial charge in [-0.05, 0) is 6.92 Å². The number of nitrogens with one attached hydrogen (secondary N) is 2. The summed E-state index contributed by atoms with van der Waals surface area (Å²) >= 11 is 0. The second-order valence-electron chi connectivity index (χ2n) is 1.97. The van der Waals surface area contributed by atoms with Crippen molar-refractivity contribution in [2.45, 2.75) is 13.0 Å². The van der Waals surface area contributed by atoms with E-state index in [1.54, 1.807) is 6.92 Å². The lowest BCUT2D eigenvalue weighted by atomic mass is 10.3. The highest BCUT2D eigenvalue weighted by atomic mass is 16.5.